The zero-order chi connectivity index (χ0) is 18.7. The number of nitro groups is 1. The fraction of sp³-hybridized carbons (Fsp3) is 0.167. The van der Waals surface area contributed by atoms with Crippen LogP contribution in [0.5, 0.6) is 0 Å². The summed E-state index contributed by atoms with van der Waals surface area (Å²) >= 11 is 0. The Balaban J connectivity index is 2.21. The Morgan fingerprint density at radius 1 is 1.27 bits per heavy atom. The molecule has 3 rings (SSSR count). The van der Waals surface area contributed by atoms with Gasteiger partial charge in [0, 0.05) is 23.3 Å². The smallest absolute Gasteiger partial charge is 0.340 e. The molecule has 2 aromatic carbocycles. The molecule has 0 radical (unpaired) electrons. The number of nitrogens with one attached hydrogen (secondary N) is 1. The summed E-state index contributed by atoms with van der Waals surface area (Å²) in [4.78, 5) is 39.5. The topological polar surface area (TPSA) is 111 Å². The van der Waals surface area contributed by atoms with Crippen molar-refractivity contribution in [2.24, 2.45) is 4.99 Å². The van der Waals surface area contributed by atoms with E-state index >= 15 is 0 Å². The molecule has 132 valence electrons. The molecule has 26 heavy (non-hydrogen) atoms. The quantitative estimate of drug-likeness (QED) is 0.392. The molecule has 0 aromatic heterocycles. The van der Waals surface area contributed by atoms with Crippen molar-refractivity contribution in [3.05, 3.63) is 69.8 Å². The van der Waals surface area contributed by atoms with Gasteiger partial charge in [-0.1, -0.05) is 30.3 Å². The summed E-state index contributed by atoms with van der Waals surface area (Å²) in [5, 5.41) is 13.7. The number of amides is 1. The minimum absolute atomic E-state index is 0.108. The van der Waals surface area contributed by atoms with Gasteiger partial charge in [0.15, 0.2) is 0 Å². The molecule has 1 heterocycles. The number of aliphatic imine (C=N–C) groups is 1. The van der Waals surface area contributed by atoms with E-state index in [1.54, 1.807) is 37.3 Å². The van der Waals surface area contributed by atoms with Gasteiger partial charge >= 0.3 is 5.97 Å². The highest BCUT2D eigenvalue weighted by Gasteiger charge is 2.33. The number of rotatable bonds is 4. The van der Waals surface area contributed by atoms with Gasteiger partial charge in [-0.3, -0.25) is 19.9 Å². The second-order valence-electron chi connectivity index (χ2n) is 5.47. The summed E-state index contributed by atoms with van der Waals surface area (Å²) in [6.07, 6.45) is 0. The van der Waals surface area contributed by atoms with Crippen LogP contribution in [0.2, 0.25) is 0 Å². The second-order valence-corrected chi connectivity index (χ2v) is 5.47. The molecular weight excluding hydrogens is 338 g/mol. The van der Waals surface area contributed by atoms with Crippen molar-refractivity contribution in [3.63, 3.8) is 0 Å². The number of anilines is 1. The summed E-state index contributed by atoms with van der Waals surface area (Å²) in [6, 6.07) is 11.5. The van der Waals surface area contributed by atoms with Crippen LogP contribution in [0.4, 0.5) is 11.4 Å². The Kier molecular flexibility index (Phi) is 4.74. The molecule has 1 unspecified atom stereocenters. The van der Waals surface area contributed by atoms with Crippen molar-refractivity contribution in [2.45, 2.75) is 13.0 Å². The van der Waals surface area contributed by atoms with E-state index in [1.807, 2.05) is 0 Å². The highest BCUT2D eigenvalue weighted by molar-refractivity contribution is 6.22. The van der Waals surface area contributed by atoms with Crippen molar-refractivity contribution < 1.29 is 19.2 Å². The maximum Gasteiger partial charge on any atom is 0.340 e. The minimum atomic E-state index is -1.39. The zero-order valence-electron chi connectivity index (χ0n) is 13.8. The number of nitro benzene ring substituents is 1. The third-order valence-corrected chi connectivity index (χ3v) is 3.79. The number of ether oxygens (including phenoxy) is 1. The summed E-state index contributed by atoms with van der Waals surface area (Å²) in [7, 11) is 0. The number of hydrogen-bond donors (Lipinski definition) is 1. The van der Waals surface area contributed by atoms with E-state index in [4.69, 9.17) is 4.74 Å². The fourth-order valence-electron chi connectivity index (χ4n) is 2.62. The number of carbonyl (C=O) groups is 2. The van der Waals surface area contributed by atoms with Crippen LogP contribution in [0.25, 0.3) is 0 Å². The predicted molar refractivity (Wildman–Crippen MR) is 94.2 cm³/mol. The Morgan fingerprint density at radius 2 is 2.00 bits per heavy atom. The first-order valence-electron chi connectivity index (χ1n) is 7.90. The first-order chi connectivity index (χ1) is 12.5. The normalized spacial score (nSPS) is 16.0. The third-order valence-electron chi connectivity index (χ3n) is 3.79. The average Bonchev–Trinajstić information content (AvgIpc) is 2.78. The van der Waals surface area contributed by atoms with Crippen LogP contribution in [0.3, 0.4) is 0 Å². The van der Waals surface area contributed by atoms with Crippen molar-refractivity contribution in [2.75, 3.05) is 11.9 Å². The lowest BCUT2D eigenvalue weighted by molar-refractivity contribution is -0.384. The Labute approximate surface area is 148 Å². The molecule has 2 aromatic rings. The lowest BCUT2D eigenvalue weighted by atomic mass is 10.00. The average molecular weight is 353 g/mol. The molecular formula is C18H15N3O5. The number of nitrogens with zero attached hydrogens (tertiary/aromatic N) is 2. The highest BCUT2D eigenvalue weighted by Crippen LogP contribution is 2.28. The van der Waals surface area contributed by atoms with Gasteiger partial charge < -0.3 is 10.1 Å². The largest absolute Gasteiger partial charge is 0.464 e. The van der Waals surface area contributed by atoms with Crippen molar-refractivity contribution in [3.8, 4) is 0 Å². The van der Waals surface area contributed by atoms with E-state index in [0.717, 1.165) is 0 Å². The molecule has 1 amide bonds. The van der Waals surface area contributed by atoms with Crippen LogP contribution in [0.1, 0.15) is 18.1 Å². The molecule has 1 N–H and O–H groups in total. The molecule has 8 nitrogen and oxygen atoms in total. The van der Waals surface area contributed by atoms with E-state index in [0.29, 0.717) is 22.5 Å². The van der Waals surface area contributed by atoms with Crippen LogP contribution >= 0.6 is 0 Å². The first kappa shape index (κ1) is 17.3. The van der Waals surface area contributed by atoms with Crippen molar-refractivity contribution in [1.82, 2.24) is 0 Å². The van der Waals surface area contributed by atoms with E-state index in [9.17, 15) is 19.7 Å². The Bertz CT molecular complexity index is 908. The van der Waals surface area contributed by atoms with Gasteiger partial charge in [0.25, 0.3) is 11.6 Å². The lowest BCUT2D eigenvalue weighted by Gasteiger charge is -2.10. The molecule has 1 aliphatic rings. The number of esters is 1. The first-order valence-corrected chi connectivity index (χ1v) is 7.90. The fourth-order valence-corrected chi connectivity index (χ4v) is 2.62. The van der Waals surface area contributed by atoms with E-state index in [-0.39, 0.29) is 12.3 Å². The summed E-state index contributed by atoms with van der Waals surface area (Å²) < 4.78 is 4.94. The predicted octanol–water partition coefficient (Wildman–Crippen LogP) is 2.32. The van der Waals surface area contributed by atoms with Crippen LogP contribution in [-0.4, -0.2) is 35.2 Å². The third kappa shape index (κ3) is 3.30. The molecule has 0 saturated carbocycles. The van der Waals surface area contributed by atoms with Gasteiger partial charge in [0.1, 0.15) is 0 Å². The van der Waals surface area contributed by atoms with E-state index < -0.39 is 22.8 Å². The van der Waals surface area contributed by atoms with Gasteiger partial charge in [-0.25, -0.2) is 4.79 Å². The van der Waals surface area contributed by atoms with Crippen LogP contribution < -0.4 is 5.32 Å². The van der Waals surface area contributed by atoms with Gasteiger partial charge in [-0.15, -0.1) is 0 Å². The molecule has 0 spiro atoms. The maximum absolute atomic E-state index is 12.4. The summed E-state index contributed by atoms with van der Waals surface area (Å²) in [5.74, 6) is -1.43. The van der Waals surface area contributed by atoms with E-state index in [2.05, 4.69) is 10.3 Å². The summed E-state index contributed by atoms with van der Waals surface area (Å²) in [6.45, 7) is 1.74. The van der Waals surface area contributed by atoms with Gasteiger partial charge in [0.2, 0.25) is 6.04 Å². The molecule has 0 aliphatic carbocycles. The number of carbonyl (C=O) groups excluding carboxylic acids is 2. The highest BCUT2D eigenvalue weighted by atomic mass is 16.6. The van der Waals surface area contributed by atoms with Gasteiger partial charge in [-0.05, 0) is 13.0 Å². The number of benzodiazepines with no additional fused rings is 1. The molecule has 0 fully saturated rings. The standard InChI is InChI=1S/C18H15N3O5/c1-2-26-18(23)16-17(22)19-14-9-8-12(21(24)25)10-13(14)15(20-16)11-6-4-3-5-7-11/h3-10,16H,2H2,1H3,(H,19,22). The monoisotopic (exact) mass is 353 g/mol. The summed E-state index contributed by atoms with van der Waals surface area (Å²) in [5.41, 5.74) is 1.50. The van der Waals surface area contributed by atoms with Crippen LogP contribution in [-0.2, 0) is 14.3 Å². The number of fused-ring (bicyclic) bond motifs is 1. The molecule has 1 atom stereocenters. The second kappa shape index (κ2) is 7.14. The van der Waals surface area contributed by atoms with Crippen molar-refractivity contribution >= 4 is 29.0 Å². The molecule has 8 heteroatoms. The van der Waals surface area contributed by atoms with E-state index in [1.165, 1.54) is 18.2 Å². The van der Waals surface area contributed by atoms with Crippen LogP contribution in [0.15, 0.2) is 53.5 Å². The maximum atomic E-state index is 12.4. The lowest BCUT2D eigenvalue weighted by Crippen LogP contribution is -2.34. The number of non-ortho nitro benzene ring substituents is 1. The van der Waals surface area contributed by atoms with Crippen LogP contribution in [0, 0.1) is 10.1 Å². The SMILES string of the molecule is CCOC(=O)C1N=C(c2ccccc2)c2cc([N+](=O)[O-])ccc2NC1=O. The molecule has 1 aliphatic heterocycles. The number of hydrogen-bond acceptors (Lipinski definition) is 6. The minimum Gasteiger partial charge on any atom is -0.464 e. The number of benzene rings is 2. The Morgan fingerprint density at radius 3 is 2.65 bits per heavy atom. The Hall–Kier alpha value is -3.55. The van der Waals surface area contributed by atoms with Gasteiger partial charge in [0.05, 0.1) is 22.9 Å². The van der Waals surface area contributed by atoms with Gasteiger partial charge in [-0.2, -0.15) is 0 Å². The van der Waals surface area contributed by atoms with Crippen molar-refractivity contribution in [1.29, 1.82) is 0 Å². The molecule has 0 saturated heterocycles. The zero-order valence-corrected chi connectivity index (χ0v) is 13.8. The molecule has 0 bridgehead atoms.